The second-order valence-corrected chi connectivity index (χ2v) is 7.87. The molecule has 106 valence electrons. The highest BCUT2D eigenvalue weighted by molar-refractivity contribution is 8.22. The first kappa shape index (κ1) is 17.2. The Kier molecular flexibility index (Phi) is 7.26. The summed E-state index contributed by atoms with van der Waals surface area (Å²) in [5, 5.41) is 18.8. The molecule has 0 aliphatic heterocycles. The highest BCUT2D eigenvalue weighted by Gasteiger charge is 2.17. The van der Waals surface area contributed by atoms with Gasteiger partial charge in [-0.3, -0.25) is 10.2 Å². The minimum Gasteiger partial charge on any atom is -0.480 e. The van der Waals surface area contributed by atoms with Gasteiger partial charge in [-0.2, -0.15) is 0 Å². The van der Waals surface area contributed by atoms with E-state index in [0.717, 1.165) is 18.0 Å². The van der Waals surface area contributed by atoms with Gasteiger partial charge in [0.25, 0.3) is 0 Å². The summed E-state index contributed by atoms with van der Waals surface area (Å²) >= 11 is 0.908. The number of nitrogens with two attached hydrogens (primary N) is 1. The second kappa shape index (κ2) is 7.59. The molecule has 0 amide bonds. The van der Waals surface area contributed by atoms with E-state index < -0.39 is 26.4 Å². The zero-order valence-electron chi connectivity index (χ0n) is 10.3. The van der Waals surface area contributed by atoms with Crippen LogP contribution in [0.1, 0.15) is 19.8 Å². The predicted molar refractivity (Wildman–Crippen MR) is 72.5 cm³/mol. The van der Waals surface area contributed by atoms with Gasteiger partial charge in [-0.25, -0.2) is 8.42 Å². The minimum absolute atomic E-state index is 0.0526. The molecule has 18 heavy (non-hydrogen) atoms. The van der Waals surface area contributed by atoms with Crippen molar-refractivity contribution in [2.45, 2.75) is 30.4 Å². The molecule has 0 saturated carbocycles. The molecule has 7 nitrogen and oxygen atoms in total. The Balaban J connectivity index is 3.83. The minimum atomic E-state index is -3.17. The first-order chi connectivity index (χ1) is 8.14. The van der Waals surface area contributed by atoms with Gasteiger partial charge in [-0.1, -0.05) is 11.8 Å². The normalized spacial score (nSPS) is 14.8. The quantitative estimate of drug-likeness (QED) is 0.291. The van der Waals surface area contributed by atoms with Gasteiger partial charge >= 0.3 is 5.97 Å². The lowest BCUT2D eigenvalue weighted by atomic mass is 10.2. The lowest BCUT2D eigenvalue weighted by Crippen LogP contribution is -2.31. The second-order valence-electron chi connectivity index (χ2n) is 3.86. The summed E-state index contributed by atoms with van der Waals surface area (Å²) in [5.74, 6) is -1.05. The average Bonchev–Trinajstić information content (AvgIpc) is 2.22. The smallest absolute Gasteiger partial charge is 0.320 e. The fourth-order valence-corrected chi connectivity index (χ4v) is 2.45. The van der Waals surface area contributed by atoms with Crippen molar-refractivity contribution in [3.8, 4) is 0 Å². The number of carboxylic acid groups (broad SMARTS) is 1. The molecular weight excluding hydrogens is 278 g/mol. The van der Waals surface area contributed by atoms with Crippen LogP contribution in [0, 0.1) is 5.41 Å². The predicted octanol–water partition coefficient (Wildman–Crippen LogP) is -0.173. The number of hydrogen-bond donors (Lipinski definition) is 4. The van der Waals surface area contributed by atoms with Crippen LogP contribution in [0.25, 0.3) is 0 Å². The van der Waals surface area contributed by atoms with Crippen molar-refractivity contribution in [1.82, 2.24) is 5.32 Å². The average molecular weight is 297 g/mol. The van der Waals surface area contributed by atoms with Crippen molar-refractivity contribution < 1.29 is 18.3 Å². The molecule has 0 aliphatic rings. The van der Waals surface area contributed by atoms with Crippen molar-refractivity contribution in [3.63, 3.8) is 0 Å². The molecule has 2 atom stereocenters. The number of nitrogens with one attached hydrogen (secondary N) is 2. The molecule has 0 bridgehead atoms. The van der Waals surface area contributed by atoms with Gasteiger partial charge in [-0.05, 0) is 19.8 Å². The lowest BCUT2D eigenvalue weighted by molar-refractivity contribution is -0.138. The highest BCUT2D eigenvalue weighted by atomic mass is 32.3. The molecule has 0 radical (unpaired) electrons. The van der Waals surface area contributed by atoms with E-state index in [1.807, 2.05) is 0 Å². The molecule has 0 saturated heterocycles. The van der Waals surface area contributed by atoms with Gasteiger partial charge in [0, 0.05) is 12.8 Å². The summed E-state index contributed by atoms with van der Waals surface area (Å²) in [6.07, 6.45) is 1.93. The van der Waals surface area contributed by atoms with Crippen molar-refractivity contribution in [3.05, 3.63) is 0 Å². The van der Waals surface area contributed by atoms with Crippen LogP contribution in [0.3, 0.4) is 0 Å². The van der Waals surface area contributed by atoms with Crippen molar-refractivity contribution >= 4 is 32.7 Å². The fourth-order valence-electron chi connectivity index (χ4n) is 0.942. The Bertz CT molecular complexity index is 397. The van der Waals surface area contributed by atoms with Gasteiger partial charge in [-0.15, -0.1) is 0 Å². The first-order valence-corrected chi connectivity index (χ1v) is 8.14. The van der Waals surface area contributed by atoms with E-state index in [2.05, 4.69) is 5.32 Å². The van der Waals surface area contributed by atoms with E-state index in [4.69, 9.17) is 16.2 Å². The monoisotopic (exact) mass is 297 g/mol. The van der Waals surface area contributed by atoms with Crippen LogP contribution in [-0.4, -0.2) is 48.1 Å². The number of sulfone groups is 1. The van der Waals surface area contributed by atoms with Gasteiger partial charge in [0.1, 0.15) is 10.6 Å². The summed E-state index contributed by atoms with van der Waals surface area (Å²) in [6.45, 7) is 1.90. The molecule has 1 unspecified atom stereocenters. The summed E-state index contributed by atoms with van der Waals surface area (Å²) in [5.41, 5.74) is 5.31. The van der Waals surface area contributed by atoms with E-state index in [9.17, 15) is 13.2 Å². The zero-order valence-corrected chi connectivity index (χ0v) is 12.0. The van der Waals surface area contributed by atoms with Crippen molar-refractivity contribution in [1.29, 1.82) is 5.41 Å². The topological polar surface area (TPSA) is 133 Å². The molecule has 0 rings (SSSR count). The molecule has 5 N–H and O–H groups in total. The molecule has 0 heterocycles. The molecule has 0 aliphatic carbocycles. The Labute approximate surface area is 111 Å². The SMILES string of the molecule is CC(SC(=N)NCCC[C@H](N)C(=O)O)S(C)(=O)=O. The van der Waals surface area contributed by atoms with Gasteiger partial charge < -0.3 is 16.2 Å². The molecule has 0 aromatic rings. The van der Waals surface area contributed by atoms with Crippen LogP contribution < -0.4 is 11.1 Å². The maximum atomic E-state index is 11.1. The molecule has 9 heteroatoms. The van der Waals surface area contributed by atoms with E-state index in [0.29, 0.717) is 19.4 Å². The number of hydrogen-bond acceptors (Lipinski definition) is 6. The Morgan fingerprint density at radius 3 is 2.56 bits per heavy atom. The summed E-state index contributed by atoms with van der Waals surface area (Å²) < 4.78 is 21.6. The van der Waals surface area contributed by atoms with Crippen molar-refractivity contribution in [2.24, 2.45) is 5.73 Å². The van der Waals surface area contributed by atoms with Gasteiger partial charge in [0.05, 0.1) is 0 Å². The van der Waals surface area contributed by atoms with Crippen LogP contribution in [-0.2, 0) is 14.6 Å². The van der Waals surface area contributed by atoms with Gasteiger partial charge in [0.2, 0.25) is 0 Å². The summed E-state index contributed by atoms with van der Waals surface area (Å²) in [4.78, 5) is 10.4. The zero-order chi connectivity index (χ0) is 14.3. The Hall–Kier alpha value is -0.800. The van der Waals surface area contributed by atoms with Gasteiger partial charge in [0.15, 0.2) is 15.0 Å². The molecule has 0 aromatic heterocycles. The third-order valence-corrected chi connectivity index (χ3v) is 5.44. The number of carbonyl (C=O) groups is 1. The fraction of sp³-hybridized carbons (Fsp3) is 0.778. The first-order valence-electron chi connectivity index (χ1n) is 5.31. The van der Waals surface area contributed by atoms with Crippen LogP contribution >= 0.6 is 11.8 Å². The van der Waals surface area contributed by atoms with E-state index in [-0.39, 0.29) is 5.17 Å². The molecule has 0 spiro atoms. The largest absolute Gasteiger partial charge is 0.480 e. The highest BCUT2D eigenvalue weighted by Crippen LogP contribution is 2.15. The Morgan fingerprint density at radius 2 is 2.11 bits per heavy atom. The van der Waals surface area contributed by atoms with Crippen LogP contribution in [0.2, 0.25) is 0 Å². The summed E-state index contributed by atoms with van der Waals surface area (Å²) in [7, 11) is -3.17. The van der Waals surface area contributed by atoms with Crippen molar-refractivity contribution in [2.75, 3.05) is 12.8 Å². The standard InChI is InChI=1S/C9H19N3O4S2/c1-6(18(2,15)16)17-9(11)12-5-3-4-7(10)8(13)14/h6-7H,3-5,10H2,1-2H3,(H2,11,12)(H,13,14)/t6?,7-/m0/s1. The van der Waals surface area contributed by atoms with Crippen LogP contribution in [0.4, 0.5) is 0 Å². The number of carboxylic acids is 1. The third kappa shape index (κ3) is 7.51. The maximum Gasteiger partial charge on any atom is 0.320 e. The summed E-state index contributed by atoms with van der Waals surface area (Å²) in [6, 6.07) is -0.899. The maximum absolute atomic E-state index is 11.1. The van der Waals surface area contributed by atoms with E-state index in [1.165, 1.54) is 6.92 Å². The number of rotatable bonds is 7. The van der Waals surface area contributed by atoms with E-state index in [1.54, 1.807) is 0 Å². The third-order valence-electron chi connectivity index (χ3n) is 2.18. The number of amidine groups is 1. The lowest BCUT2D eigenvalue weighted by Gasteiger charge is -2.12. The molecular formula is C9H19N3O4S2. The van der Waals surface area contributed by atoms with Crippen LogP contribution in [0.5, 0.6) is 0 Å². The Morgan fingerprint density at radius 1 is 1.56 bits per heavy atom. The number of aliphatic carboxylic acids is 1. The van der Waals surface area contributed by atoms with Crippen LogP contribution in [0.15, 0.2) is 0 Å². The van der Waals surface area contributed by atoms with E-state index >= 15 is 0 Å². The number of thioether (sulfide) groups is 1. The molecule has 0 aromatic carbocycles. The molecule has 0 fully saturated rings.